The van der Waals surface area contributed by atoms with E-state index in [1.165, 1.54) is 60.2 Å². The zero-order valence-corrected chi connectivity index (χ0v) is 43.8. The summed E-state index contributed by atoms with van der Waals surface area (Å²) in [6.45, 7) is 5.85. The van der Waals surface area contributed by atoms with Crippen LogP contribution < -0.4 is 9.64 Å². The number of aromatic nitrogens is 2. The van der Waals surface area contributed by atoms with Crippen LogP contribution in [0.1, 0.15) is 104 Å². The van der Waals surface area contributed by atoms with Gasteiger partial charge in [-0.05, 0) is 148 Å². The number of benzene rings is 4. The highest BCUT2D eigenvalue weighted by atomic mass is 19.3. The molecule has 2 fully saturated rings. The van der Waals surface area contributed by atoms with E-state index in [4.69, 9.17) is 4.74 Å². The average molecular weight is 1050 g/mol. The van der Waals surface area contributed by atoms with Crippen LogP contribution in [-0.2, 0) is 44.2 Å². The van der Waals surface area contributed by atoms with E-state index in [1.807, 2.05) is 39.8 Å². The molecule has 0 bridgehead atoms. The Balaban J connectivity index is 0.991. The second-order valence-electron chi connectivity index (χ2n) is 21.0. The highest BCUT2D eigenvalue weighted by Gasteiger charge is 2.36. The van der Waals surface area contributed by atoms with Gasteiger partial charge in [0, 0.05) is 98.9 Å². The molecule has 0 saturated carbocycles. The lowest BCUT2D eigenvalue weighted by Gasteiger charge is -2.41. The molecule has 0 aliphatic carbocycles. The topological polar surface area (TPSA) is 131 Å². The summed E-state index contributed by atoms with van der Waals surface area (Å²) in [5.74, 6) is -1.35. The van der Waals surface area contributed by atoms with E-state index < -0.39 is 24.4 Å². The van der Waals surface area contributed by atoms with Crippen LogP contribution in [0.25, 0.3) is 11.3 Å². The van der Waals surface area contributed by atoms with Crippen LogP contribution in [0, 0.1) is 31.0 Å². The number of likely N-dealkylation sites (tertiary alicyclic amines) is 2. The highest BCUT2D eigenvalue weighted by Crippen LogP contribution is 2.40. The van der Waals surface area contributed by atoms with Gasteiger partial charge in [-0.2, -0.15) is 14.0 Å². The molecule has 1 N–H and O–H groups in total. The number of phenolic OH excluding ortho intramolecular Hbond substituents is 1. The molecule has 4 aliphatic heterocycles. The van der Waals surface area contributed by atoms with Gasteiger partial charge >= 0.3 is 6.55 Å². The Morgan fingerprint density at radius 2 is 1.56 bits per heavy atom. The first-order valence-corrected chi connectivity index (χ1v) is 26.7. The largest absolute Gasteiger partial charge is 0.508 e. The highest BCUT2D eigenvalue weighted by molar-refractivity contribution is 6.13. The van der Waals surface area contributed by atoms with Crippen molar-refractivity contribution in [3.05, 3.63) is 153 Å². The van der Waals surface area contributed by atoms with Crippen LogP contribution in [0.4, 0.5) is 28.9 Å². The van der Waals surface area contributed by atoms with Crippen molar-refractivity contribution in [2.45, 2.75) is 97.1 Å². The van der Waals surface area contributed by atoms with Crippen molar-refractivity contribution >= 4 is 29.1 Å². The Hall–Kier alpha value is -7.42. The van der Waals surface area contributed by atoms with Crippen LogP contribution in [0.2, 0.25) is 0 Å². The summed E-state index contributed by atoms with van der Waals surface area (Å²) in [7, 11) is 1.80. The molecule has 4 aliphatic rings. The minimum Gasteiger partial charge on any atom is -0.508 e. The third-order valence-corrected chi connectivity index (χ3v) is 16.2. The van der Waals surface area contributed by atoms with Crippen molar-refractivity contribution < 1.29 is 41.8 Å². The number of ether oxygens (including phenoxy) is 1. The molecule has 3 amide bonds. The predicted octanol–water partition coefficient (Wildman–Crippen LogP) is 10.2. The van der Waals surface area contributed by atoms with Crippen molar-refractivity contribution in [2.24, 2.45) is 7.05 Å². The van der Waals surface area contributed by atoms with E-state index in [-0.39, 0.29) is 70.5 Å². The predicted molar refractivity (Wildman–Crippen MR) is 285 cm³/mol. The van der Waals surface area contributed by atoms with E-state index in [2.05, 4.69) is 21.9 Å². The number of halogens is 4. The summed E-state index contributed by atoms with van der Waals surface area (Å²) >= 11 is 0. The summed E-state index contributed by atoms with van der Waals surface area (Å²) in [5, 5.41) is 20.1. The van der Waals surface area contributed by atoms with Gasteiger partial charge in [0.25, 0.3) is 11.8 Å². The monoisotopic (exact) mass is 1050 g/mol. The number of anilines is 2. The standard InChI is InChI=1S/C60H64F4N8O5/c1-38-51(59(76)72(46-12-14-49(73)15-13-46)55-31-47(34-65)71(39(55)2)60(63)64)33-56(66(38)3)52-28-41-17-24-69(57(74)30-42-11-16-50(32-54(42)62)77-26-25-67-22-18-45(61)19-23-67)35-44(41)29-53(52)58(75)70-36-43-10-6-5-9-40(43)27-48(70)37-68-20-7-4-8-21-68/h5-6,9-16,28-29,31-33,45,48,60,73H,4,7-8,17-27,30,35-37H2,1-3H3/t48-/m0/s1. The number of phenols is 1. The minimum absolute atomic E-state index is 0.0171. The van der Waals surface area contributed by atoms with Crippen molar-refractivity contribution in [1.82, 2.24) is 28.7 Å². The first-order valence-electron chi connectivity index (χ1n) is 26.7. The van der Waals surface area contributed by atoms with E-state index in [9.17, 15) is 28.3 Å². The Morgan fingerprint density at radius 3 is 2.26 bits per heavy atom. The molecule has 6 aromatic rings. The zero-order valence-electron chi connectivity index (χ0n) is 43.8. The Morgan fingerprint density at radius 1 is 0.818 bits per heavy atom. The number of hydrogen-bond acceptors (Lipinski definition) is 8. The van der Waals surface area contributed by atoms with Crippen LogP contribution >= 0.6 is 0 Å². The lowest BCUT2D eigenvalue weighted by atomic mass is 9.89. The summed E-state index contributed by atoms with van der Waals surface area (Å²) in [5.41, 5.74) is 6.37. The van der Waals surface area contributed by atoms with Gasteiger partial charge in [0.2, 0.25) is 5.91 Å². The molecular weight excluding hydrogens is 989 g/mol. The van der Waals surface area contributed by atoms with Gasteiger partial charge in [-0.3, -0.25) is 28.8 Å². The van der Waals surface area contributed by atoms with Gasteiger partial charge in [0.15, 0.2) is 0 Å². The van der Waals surface area contributed by atoms with Crippen molar-refractivity contribution in [1.29, 1.82) is 5.26 Å². The van der Waals surface area contributed by atoms with E-state index in [0.717, 1.165) is 42.6 Å². The number of amides is 3. The molecule has 1 atom stereocenters. The molecule has 13 nitrogen and oxygen atoms in total. The fraction of sp³-hybridized carbons (Fsp3) is 0.400. The second kappa shape index (κ2) is 22.7. The molecule has 0 spiro atoms. The normalized spacial score (nSPS) is 17.3. The average Bonchev–Trinajstić information content (AvgIpc) is 3.94. The van der Waals surface area contributed by atoms with Crippen LogP contribution in [0.3, 0.4) is 0 Å². The first kappa shape index (κ1) is 53.0. The Labute approximate surface area is 446 Å². The van der Waals surface area contributed by atoms with Crippen LogP contribution in [0.15, 0.2) is 91.0 Å². The Kier molecular flexibility index (Phi) is 15.6. The third kappa shape index (κ3) is 11.1. The van der Waals surface area contributed by atoms with Gasteiger partial charge in [0.1, 0.15) is 41.9 Å². The second-order valence-corrected chi connectivity index (χ2v) is 21.0. The number of hydrogen-bond donors (Lipinski definition) is 1. The van der Waals surface area contributed by atoms with Gasteiger partial charge in [-0.25, -0.2) is 8.78 Å². The third-order valence-electron chi connectivity index (χ3n) is 16.2. The number of piperidine rings is 2. The molecule has 77 heavy (non-hydrogen) atoms. The van der Waals surface area contributed by atoms with Gasteiger partial charge in [-0.15, -0.1) is 0 Å². The minimum atomic E-state index is -3.06. The van der Waals surface area contributed by atoms with E-state index in [1.54, 1.807) is 37.1 Å². The SMILES string of the molecule is Cc1c(C(=O)N(c2ccc(O)cc2)c2cc(C#N)n(C(F)F)c2C)cc(-c2cc3c(cc2C(=O)N2Cc4ccccc4C[C@H]2CN2CCCCC2)CN(C(=O)Cc2ccc(OCCN4CCC(F)CC4)cc2F)CC3)n1C. The summed E-state index contributed by atoms with van der Waals surface area (Å²) in [6, 6.07) is 27.0. The molecule has 2 aromatic heterocycles. The number of aromatic hydroxyl groups is 1. The quantitative estimate of drug-likeness (QED) is 0.107. The molecule has 6 heterocycles. The van der Waals surface area contributed by atoms with E-state index >= 15 is 14.0 Å². The molecule has 4 aromatic carbocycles. The number of nitriles is 1. The number of fused-ring (bicyclic) bond motifs is 2. The molecule has 2 saturated heterocycles. The van der Waals surface area contributed by atoms with Gasteiger partial charge in [-0.1, -0.05) is 36.8 Å². The lowest BCUT2D eigenvalue weighted by molar-refractivity contribution is -0.131. The number of alkyl halides is 3. The maximum Gasteiger partial charge on any atom is 0.319 e. The zero-order chi connectivity index (χ0) is 54.1. The number of rotatable bonds is 14. The Bertz CT molecular complexity index is 3220. The van der Waals surface area contributed by atoms with Gasteiger partial charge in [0.05, 0.1) is 17.7 Å². The molecule has 0 unspecified atom stereocenters. The molecule has 402 valence electrons. The first-order chi connectivity index (χ1) is 37.1. The van der Waals surface area contributed by atoms with Gasteiger partial charge < -0.3 is 29.1 Å². The lowest BCUT2D eigenvalue weighted by Crippen LogP contribution is -2.51. The van der Waals surface area contributed by atoms with E-state index in [0.29, 0.717) is 104 Å². The van der Waals surface area contributed by atoms with Crippen molar-refractivity contribution in [3.8, 4) is 28.8 Å². The maximum absolute atomic E-state index is 15.8. The number of carbonyl (C=O) groups is 3. The summed E-state index contributed by atoms with van der Waals surface area (Å²) in [4.78, 5) is 54.6. The summed E-state index contributed by atoms with van der Waals surface area (Å²) in [6.07, 6.45) is 4.49. The van der Waals surface area contributed by atoms with Crippen molar-refractivity contribution in [3.63, 3.8) is 0 Å². The number of carbonyl (C=O) groups excluding carboxylic acids is 3. The fourth-order valence-electron chi connectivity index (χ4n) is 11.7. The maximum atomic E-state index is 15.8. The molecule has 17 heteroatoms. The molecule has 0 radical (unpaired) electrons. The fourth-order valence-corrected chi connectivity index (χ4v) is 11.7. The smallest absolute Gasteiger partial charge is 0.319 e. The van der Waals surface area contributed by atoms with Crippen molar-refractivity contribution in [2.75, 3.05) is 57.3 Å². The molecule has 10 rings (SSSR count). The van der Waals surface area contributed by atoms with Crippen LogP contribution in [-0.4, -0.2) is 116 Å². The number of nitrogens with zero attached hydrogens (tertiary/aromatic N) is 8. The molecular formula is C60H64F4N8O5. The summed E-state index contributed by atoms with van der Waals surface area (Å²) < 4.78 is 66.4. The van der Waals surface area contributed by atoms with Crippen LogP contribution in [0.5, 0.6) is 11.5 Å².